The fourth-order valence-corrected chi connectivity index (χ4v) is 2.63. The average Bonchev–Trinajstić information content (AvgIpc) is 2.85. The van der Waals surface area contributed by atoms with Crippen LogP contribution >= 0.6 is 0 Å². The number of imidazole rings is 1. The molecule has 1 atom stereocenters. The molecule has 96 valence electrons. The molecule has 0 spiro atoms. The predicted molar refractivity (Wildman–Crippen MR) is 70.3 cm³/mol. The summed E-state index contributed by atoms with van der Waals surface area (Å²) >= 11 is 0. The lowest BCUT2D eigenvalue weighted by Crippen LogP contribution is -2.26. The predicted octanol–water partition coefficient (Wildman–Crippen LogP) is 0.879. The van der Waals surface area contributed by atoms with E-state index in [0.717, 1.165) is 43.2 Å². The lowest BCUT2D eigenvalue weighted by molar-refractivity contribution is 0.323. The Hall–Kier alpha value is -1.46. The van der Waals surface area contributed by atoms with E-state index in [1.807, 2.05) is 6.92 Å². The minimum atomic E-state index is 0.323. The van der Waals surface area contributed by atoms with E-state index in [0.29, 0.717) is 6.04 Å². The topological polar surface area (TPSA) is 59.5 Å². The van der Waals surface area contributed by atoms with Gasteiger partial charge in [-0.25, -0.2) is 9.97 Å². The van der Waals surface area contributed by atoms with Gasteiger partial charge in [0, 0.05) is 43.3 Å². The Morgan fingerprint density at radius 2 is 2.22 bits per heavy atom. The standard InChI is InChI=1S/C13H19N5/c1-9-5-10(2)18-8-12(16-13(18)15-9)7-17-4-3-11(14)6-17/h5,8,11H,3-4,6-7,14H2,1-2H3. The molecular formula is C13H19N5. The molecule has 3 heterocycles. The number of likely N-dealkylation sites (tertiary alicyclic amines) is 1. The molecule has 5 nitrogen and oxygen atoms in total. The van der Waals surface area contributed by atoms with Gasteiger partial charge in [-0.1, -0.05) is 0 Å². The van der Waals surface area contributed by atoms with Crippen molar-refractivity contribution in [2.75, 3.05) is 13.1 Å². The Labute approximate surface area is 107 Å². The summed E-state index contributed by atoms with van der Waals surface area (Å²) in [7, 11) is 0. The second-order valence-corrected chi connectivity index (χ2v) is 5.23. The number of nitrogens with two attached hydrogens (primary N) is 1. The van der Waals surface area contributed by atoms with E-state index in [1.54, 1.807) is 0 Å². The maximum absolute atomic E-state index is 5.92. The van der Waals surface area contributed by atoms with E-state index in [-0.39, 0.29) is 0 Å². The summed E-state index contributed by atoms with van der Waals surface area (Å²) in [6.45, 7) is 7.00. The van der Waals surface area contributed by atoms with Gasteiger partial charge in [-0.05, 0) is 26.3 Å². The maximum Gasteiger partial charge on any atom is 0.234 e. The van der Waals surface area contributed by atoms with E-state index in [1.165, 1.54) is 5.69 Å². The molecule has 2 N–H and O–H groups in total. The van der Waals surface area contributed by atoms with Gasteiger partial charge in [-0.3, -0.25) is 9.30 Å². The molecule has 0 aliphatic carbocycles. The largest absolute Gasteiger partial charge is 0.326 e. The highest BCUT2D eigenvalue weighted by molar-refractivity contribution is 5.34. The molecule has 0 saturated carbocycles. The first-order valence-electron chi connectivity index (χ1n) is 6.42. The van der Waals surface area contributed by atoms with Crippen LogP contribution in [-0.4, -0.2) is 38.4 Å². The molecule has 0 amide bonds. The van der Waals surface area contributed by atoms with Crippen molar-refractivity contribution in [2.45, 2.75) is 32.9 Å². The van der Waals surface area contributed by atoms with Crippen molar-refractivity contribution in [1.29, 1.82) is 0 Å². The van der Waals surface area contributed by atoms with Crippen molar-refractivity contribution in [3.63, 3.8) is 0 Å². The van der Waals surface area contributed by atoms with Crippen molar-refractivity contribution >= 4 is 5.78 Å². The van der Waals surface area contributed by atoms with Crippen molar-refractivity contribution in [2.24, 2.45) is 5.73 Å². The Bertz CT molecular complexity index is 574. The number of nitrogens with zero attached hydrogens (tertiary/aromatic N) is 4. The van der Waals surface area contributed by atoms with E-state index < -0.39 is 0 Å². The van der Waals surface area contributed by atoms with Crippen LogP contribution in [0.15, 0.2) is 12.3 Å². The van der Waals surface area contributed by atoms with Gasteiger partial charge in [0.2, 0.25) is 5.78 Å². The number of aromatic nitrogens is 3. The summed E-state index contributed by atoms with van der Waals surface area (Å²) in [6, 6.07) is 2.40. The van der Waals surface area contributed by atoms with Crippen molar-refractivity contribution in [3.05, 3.63) is 29.3 Å². The number of hydrogen-bond acceptors (Lipinski definition) is 4. The molecule has 2 aromatic heterocycles. The maximum atomic E-state index is 5.92. The third-order valence-corrected chi connectivity index (χ3v) is 3.51. The summed E-state index contributed by atoms with van der Waals surface area (Å²) in [5.41, 5.74) is 9.18. The molecule has 18 heavy (non-hydrogen) atoms. The Morgan fingerprint density at radius 3 is 2.94 bits per heavy atom. The van der Waals surface area contributed by atoms with Crippen LogP contribution in [0.4, 0.5) is 0 Å². The zero-order valence-corrected chi connectivity index (χ0v) is 10.9. The lowest BCUT2D eigenvalue weighted by Gasteiger charge is -2.12. The zero-order valence-electron chi connectivity index (χ0n) is 10.9. The van der Waals surface area contributed by atoms with Gasteiger partial charge in [0.1, 0.15) is 0 Å². The summed E-state index contributed by atoms with van der Waals surface area (Å²) in [5, 5.41) is 0. The normalized spacial score (nSPS) is 20.9. The number of hydrogen-bond donors (Lipinski definition) is 1. The van der Waals surface area contributed by atoms with E-state index in [4.69, 9.17) is 5.73 Å². The zero-order chi connectivity index (χ0) is 12.7. The highest BCUT2D eigenvalue weighted by Crippen LogP contribution is 2.13. The highest BCUT2D eigenvalue weighted by atomic mass is 15.2. The van der Waals surface area contributed by atoms with Crippen LogP contribution < -0.4 is 5.73 Å². The molecular weight excluding hydrogens is 226 g/mol. The summed E-state index contributed by atoms with van der Waals surface area (Å²) in [6.07, 6.45) is 3.17. The van der Waals surface area contributed by atoms with Crippen molar-refractivity contribution < 1.29 is 0 Å². The minimum Gasteiger partial charge on any atom is -0.326 e. The van der Waals surface area contributed by atoms with E-state index >= 15 is 0 Å². The number of rotatable bonds is 2. The third kappa shape index (κ3) is 2.11. The molecule has 3 rings (SSSR count). The van der Waals surface area contributed by atoms with Gasteiger partial charge in [0.15, 0.2) is 0 Å². The molecule has 1 unspecified atom stereocenters. The minimum absolute atomic E-state index is 0.323. The quantitative estimate of drug-likeness (QED) is 0.853. The lowest BCUT2D eigenvalue weighted by atomic mass is 10.3. The Morgan fingerprint density at radius 1 is 1.39 bits per heavy atom. The van der Waals surface area contributed by atoms with Crippen LogP contribution in [0, 0.1) is 13.8 Å². The van der Waals surface area contributed by atoms with Crippen molar-refractivity contribution in [3.8, 4) is 0 Å². The summed E-state index contributed by atoms with van der Waals surface area (Å²) in [5.74, 6) is 0.797. The van der Waals surface area contributed by atoms with Crippen LogP contribution in [0.2, 0.25) is 0 Å². The van der Waals surface area contributed by atoms with Crippen LogP contribution in [0.1, 0.15) is 23.5 Å². The first-order valence-corrected chi connectivity index (χ1v) is 6.42. The van der Waals surface area contributed by atoms with Gasteiger partial charge in [-0.15, -0.1) is 0 Å². The third-order valence-electron chi connectivity index (χ3n) is 3.51. The fourth-order valence-electron chi connectivity index (χ4n) is 2.63. The monoisotopic (exact) mass is 245 g/mol. The van der Waals surface area contributed by atoms with Crippen LogP contribution in [0.25, 0.3) is 5.78 Å². The highest BCUT2D eigenvalue weighted by Gasteiger charge is 2.20. The van der Waals surface area contributed by atoms with E-state index in [9.17, 15) is 0 Å². The first kappa shape index (κ1) is 11.6. The number of fused-ring (bicyclic) bond motifs is 1. The molecule has 1 saturated heterocycles. The molecule has 0 bridgehead atoms. The second kappa shape index (κ2) is 4.33. The SMILES string of the molecule is Cc1cc(C)n2cc(CN3CCC(N)C3)nc2n1. The van der Waals surface area contributed by atoms with E-state index in [2.05, 4.69) is 38.5 Å². The molecule has 1 aliphatic rings. The van der Waals surface area contributed by atoms with Crippen molar-refractivity contribution in [1.82, 2.24) is 19.3 Å². The average molecular weight is 245 g/mol. The number of aryl methyl sites for hydroxylation is 2. The Balaban J connectivity index is 1.87. The fraction of sp³-hybridized carbons (Fsp3) is 0.538. The first-order chi connectivity index (χ1) is 8.61. The molecule has 0 radical (unpaired) electrons. The van der Waals surface area contributed by atoms with Gasteiger partial charge in [0.05, 0.1) is 5.69 Å². The van der Waals surface area contributed by atoms with Gasteiger partial charge in [-0.2, -0.15) is 0 Å². The van der Waals surface area contributed by atoms with Crippen LogP contribution in [0.5, 0.6) is 0 Å². The molecule has 5 heteroatoms. The van der Waals surface area contributed by atoms with Crippen LogP contribution in [0.3, 0.4) is 0 Å². The van der Waals surface area contributed by atoms with Gasteiger partial charge < -0.3 is 5.73 Å². The van der Waals surface area contributed by atoms with Gasteiger partial charge in [0.25, 0.3) is 0 Å². The summed E-state index contributed by atoms with van der Waals surface area (Å²) in [4.78, 5) is 11.4. The molecule has 1 fully saturated rings. The second-order valence-electron chi connectivity index (χ2n) is 5.23. The molecule has 0 aromatic carbocycles. The molecule has 1 aliphatic heterocycles. The molecule has 2 aromatic rings. The Kier molecular flexibility index (Phi) is 2.80. The summed E-state index contributed by atoms with van der Waals surface area (Å²) < 4.78 is 2.05. The van der Waals surface area contributed by atoms with Crippen LogP contribution in [-0.2, 0) is 6.54 Å². The van der Waals surface area contributed by atoms with Gasteiger partial charge >= 0.3 is 0 Å². The smallest absolute Gasteiger partial charge is 0.234 e.